The van der Waals surface area contributed by atoms with E-state index in [9.17, 15) is 4.79 Å². The summed E-state index contributed by atoms with van der Waals surface area (Å²) < 4.78 is 8.61. The number of benzene rings is 1. The molecule has 2 unspecified atom stereocenters. The molecule has 4 heteroatoms. The average molecular weight is 369 g/mol. The van der Waals surface area contributed by atoms with Crippen LogP contribution in [0.5, 0.6) is 5.75 Å². The highest BCUT2D eigenvalue weighted by atomic mass is 127. The highest BCUT2D eigenvalue weighted by Crippen LogP contribution is 2.40. The highest BCUT2D eigenvalue weighted by molar-refractivity contribution is 14.1. The molecule has 0 aliphatic carbocycles. The molecule has 2 heterocycles. The highest BCUT2D eigenvalue weighted by Gasteiger charge is 2.34. The van der Waals surface area contributed by atoms with E-state index in [0.717, 1.165) is 20.9 Å². The molecular weight excluding hydrogens is 353 g/mol. The number of fused-ring (bicyclic) bond motifs is 3. The van der Waals surface area contributed by atoms with E-state index in [-0.39, 0.29) is 17.6 Å². The number of pyridine rings is 1. The van der Waals surface area contributed by atoms with Crippen molar-refractivity contribution >= 4 is 33.5 Å². The van der Waals surface area contributed by atoms with E-state index in [1.54, 1.807) is 4.57 Å². The van der Waals surface area contributed by atoms with Crippen molar-refractivity contribution in [2.24, 2.45) is 0 Å². The Balaban J connectivity index is 2.41. The van der Waals surface area contributed by atoms with Crippen LogP contribution in [0.25, 0.3) is 10.9 Å². The van der Waals surface area contributed by atoms with Crippen molar-refractivity contribution in [1.29, 1.82) is 0 Å². The molecule has 0 saturated heterocycles. The van der Waals surface area contributed by atoms with Gasteiger partial charge in [-0.15, -0.1) is 0 Å². The second kappa shape index (κ2) is 4.81. The summed E-state index contributed by atoms with van der Waals surface area (Å²) >= 11 is 2.32. The van der Waals surface area contributed by atoms with Gasteiger partial charge < -0.3 is 9.30 Å². The van der Waals surface area contributed by atoms with Crippen LogP contribution in [0.3, 0.4) is 0 Å². The van der Waals surface area contributed by atoms with Gasteiger partial charge in [0, 0.05) is 27.8 Å². The van der Waals surface area contributed by atoms with Gasteiger partial charge in [0.1, 0.15) is 6.10 Å². The van der Waals surface area contributed by atoms with Gasteiger partial charge in [0.2, 0.25) is 0 Å². The van der Waals surface area contributed by atoms with E-state index in [1.807, 2.05) is 25.1 Å². The zero-order chi connectivity index (χ0) is 13.6. The Bertz CT molecular complexity index is 692. The summed E-state index contributed by atoms with van der Waals surface area (Å²) in [6.07, 6.45) is 0.111. The minimum Gasteiger partial charge on any atom is -0.483 e. The predicted molar refractivity (Wildman–Crippen MR) is 85.6 cm³/mol. The lowest BCUT2D eigenvalue weighted by molar-refractivity contribution is 0.237. The molecule has 0 saturated carbocycles. The molecule has 1 aromatic carbocycles. The molecule has 2 atom stereocenters. The Kier molecular flexibility index (Phi) is 3.28. The van der Waals surface area contributed by atoms with Crippen LogP contribution in [0.2, 0.25) is 0 Å². The van der Waals surface area contributed by atoms with Gasteiger partial charge in [0.15, 0.2) is 5.75 Å². The number of hydrogen-bond donors (Lipinski definition) is 0. The number of rotatable bonds is 2. The first-order chi connectivity index (χ1) is 9.19. The van der Waals surface area contributed by atoms with E-state index >= 15 is 0 Å². The Hall–Kier alpha value is -1.04. The van der Waals surface area contributed by atoms with Crippen molar-refractivity contribution in [1.82, 2.24) is 4.57 Å². The summed E-state index contributed by atoms with van der Waals surface area (Å²) in [5.74, 6) is 0.839. The zero-order valence-corrected chi connectivity index (χ0v) is 13.2. The third-order valence-electron chi connectivity index (χ3n) is 3.92. The van der Waals surface area contributed by atoms with Gasteiger partial charge in [-0.05, 0) is 13.0 Å². The fourth-order valence-electron chi connectivity index (χ4n) is 2.89. The minimum atomic E-state index is 0.00963. The Morgan fingerprint density at radius 2 is 2.11 bits per heavy atom. The first-order valence-corrected chi connectivity index (χ1v) is 8.09. The molecule has 2 aromatic rings. The molecule has 1 aliphatic heterocycles. The lowest BCUT2D eigenvalue weighted by Crippen LogP contribution is -2.22. The normalized spacial score (nSPS) is 21.4. The number of hydrogen-bond acceptors (Lipinski definition) is 2. The van der Waals surface area contributed by atoms with E-state index in [2.05, 4.69) is 35.6 Å². The first-order valence-electron chi connectivity index (χ1n) is 6.57. The number of para-hydroxylation sites is 1. The molecule has 3 rings (SSSR count). The van der Waals surface area contributed by atoms with Crippen LogP contribution in [0.15, 0.2) is 29.1 Å². The number of ether oxygens (including phenoxy) is 1. The third kappa shape index (κ3) is 1.80. The van der Waals surface area contributed by atoms with Crippen molar-refractivity contribution in [2.45, 2.75) is 32.4 Å². The van der Waals surface area contributed by atoms with Crippen LogP contribution in [0.1, 0.15) is 25.3 Å². The fourth-order valence-corrected chi connectivity index (χ4v) is 3.83. The van der Waals surface area contributed by atoms with Crippen LogP contribution in [-0.4, -0.2) is 15.1 Å². The van der Waals surface area contributed by atoms with Gasteiger partial charge in [-0.3, -0.25) is 4.79 Å². The quantitative estimate of drug-likeness (QED) is 0.601. The summed E-state index contributed by atoms with van der Waals surface area (Å²) in [6, 6.07) is 8.12. The van der Waals surface area contributed by atoms with Crippen LogP contribution >= 0.6 is 22.6 Å². The van der Waals surface area contributed by atoms with Gasteiger partial charge in [0.05, 0.1) is 5.52 Å². The smallest absolute Gasteiger partial charge is 0.293 e. The van der Waals surface area contributed by atoms with E-state index in [0.29, 0.717) is 12.3 Å². The maximum atomic E-state index is 12.5. The van der Waals surface area contributed by atoms with Crippen molar-refractivity contribution in [3.63, 3.8) is 0 Å². The van der Waals surface area contributed by atoms with E-state index < -0.39 is 0 Å². The summed E-state index contributed by atoms with van der Waals surface area (Å²) in [6.45, 7) is 4.81. The maximum absolute atomic E-state index is 12.5. The number of alkyl halides is 1. The summed E-state index contributed by atoms with van der Waals surface area (Å²) in [4.78, 5) is 12.5. The second-order valence-corrected chi connectivity index (χ2v) is 5.79. The van der Waals surface area contributed by atoms with Gasteiger partial charge in [0.25, 0.3) is 5.56 Å². The molecule has 0 bridgehead atoms. The predicted octanol–water partition coefficient (Wildman–Crippen LogP) is 3.32. The molecule has 19 heavy (non-hydrogen) atoms. The molecule has 0 fully saturated rings. The molecule has 0 radical (unpaired) electrons. The number of aryl methyl sites for hydroxylation is 1. The van der Waals surface area contributed by atoms with Gasteiger partial charge in [-0.1, -0.05) is 47.7 Å². The Morgan fingerprint density at radius 3 is 2.79 bits per heavy atom. The molecule has 1 aliphatic rings. The van der Waals surface area contributed by atoms with Crippen molar-refractivity contribution in [3.05, 3.63) is 40.2 Å². The third-order valence-corrected chi connectivity index (χ3v) is 4.79. The van der Waals surface area contributed by atoms with Crippen molar-refractivity contribution in [3.8, 4) is 5.75 Å². The molecule has 1 aromatic heterocycles. The topological polar surface area (TPSA) is 31.2 Å². The largest absolute Gasteiger partial charge is 0.483 e. The standard InChI is InChI=1S/C15H16INO2/c1-3-17-11-7-5-4-6-10(11)13-9(2)12(8-16)19-14(13)15(17)18/h4-7,9,12H,3,8H2,1-2H3. The fraction of sp³-hybridized carbons (Fsp3) is 0.400. The van der Waals surface area contributed by atoms with Crippen LogP contribution in [-0.2, 0) is 6.54 Å². The SMILES string of the molecule is CCn1c(=O)c2c(c3ccccc31)C(C)C(CI)O2. The lowest BCUT2D eigenvalue weighted by atomic mass is 9.95. The lowest BCUT2D eigenvalue weighted by Gasteiger charge is -2.12. The Morgan fingerprint density at radius 1 is 1.37 bits per heavy atom. The zero-order valence-electron chi connectivity index (χ0n) is 11.0. The van der Waals surface area contributed by atoms with E-state index in [1.165, 1.54) is 0 Å². The van der Waals surface area contributed by atoms with Crippen LogP contribution < -0.4 is 10.3 Å². The molecular formula is C15H16INO2. The van der Waals surface area contributed by atoms with Gasteiger partial charge in [-0.2, -0.15) is 0 Å². The van der Waals surface area contributed by atoms with Crippen LogP contribution in [0.4, 0.5) is 0 Å². The van der Waals surface area contributed by atoms with Crippen molar-refractivity contribution < 1.29 is 4.74 Å². The number of nitrogens with zero attached hydrogens (tertiary/aromatic N) is 1. The molecule has 100 valence electrons. The van der Waals surface area contributed by atoms with Gasteiger partial charge >= 0.3 is 0 Å². The van der Waals surface area contributed by atoms with Gasteiger partial charge in [-0.25, -0.2) is 0 Å². The minimum absolute atomic E-state index is 0.00963. The average Bonchev–Trinajstić information content (AvgIpc) is 2.77. The molecule has 3 nitrogen and oxygen atoms in total. The monoisotopic (exact) mass is 369 g/mol. The first kappa shape index (κ1) is 13.0. The molecule has 0 spiro atoms. The number of aromatic nitrogens is 1. The van der Waals surface area contributed by atoms with Crippen molar-refractivity contribution in [2.75, 3.05) is 4.43 Å². The maximum Gasteiger partial charge on any atom is 0.293 e. The van der Waals surface area contributed by atoms with E-state index in [4.69, 9.17) is 4.74 Å². The summed E-state index contributed by atoms with van der Waals surface area (Å²) in [5, 5.41) is 1.15. The second-order valence-electron chi connectivity index (χ2n) is 4.91. The molecule has 0 N–H and O–H groups in total. The summed E-state index contributed by atoms with van der Waals surface area (Å²) in [7, 11) is 0. The Labute approximate surface area is 125 Å². The van der Waals surface area contributed by atoms with Crippen LogP contribution in [0, 0.1) is 0 Å². The molecule has 0 amide bonds. The summed E-state index contributed by atoms with van der Waals surface area (Å²) in [5.41, 5.74) is 2.11. The number of halogens is 1.